The van der Waals surface area contributed by atoms with Gasteiger partial charge in [-0.2, -0.15) is 0 Å². The molecule has 3 rings (SSSR count). The number of hydrogen-bond donors (Lipinski definition) is 0. The van der Waals surface area contributed by atoms with Gasteiger partial charge in [-0.25, -0.2) is 0 Å². The third kappa shape index (κ3) is 2.13. The van der Waals surface area contributed by atoms with Crippen molar-refractivity contribution in [2.24, 2.45) is 0 Å². The van der Waals surface area contributed by atoms with E-state index in [9.17, 15) is 14.4 Å². The highest BCUT2D eigenvalue weighted by atomic mass is 16.2. The maximum Gasteiger partial charge on any atom is 0.197 e. The first-order valence-corrected chi connectivity index (χ1v) is 6.59. The molecule has 1 aliphatic carbocycles. The lowest BCUT2D eigenvalue weighted by molar-refractivity contribution is -0.115. The molecule has 0 amide bonds. The van der Waals surface area contributed by atoms with E-state index in [4.69, 9.17) is 0 Å². The number of rotatable bonds is 2. The van der Waals surface area contributed by atoms with Gasteiger partial charge >= 0.3 is 0 Å². The zero-order chi connectivity index (χ0) is 15.0. The van der Waals surface area contributed by atoms with Crippen molar-refractivity contribution >= 4 is 28.1 Å². The van der Waals surface area contributed by atoms with Crippen LogP contribution in [-0.2, 0) is 9.59 Å². The number of ketones is 3. The summed E-state index contributed by atoms with van der Waals surface area (Å²) >= 11 is 0. The lowest BCUT2D eigenvalue weighted by Crippen LogP contribution is -2.20. The van der Waals surface area contributed by atoms with Crippen molar-refractivity contribution in [2.45, 2.75) is 6.92 Å². The van der Waals surface area contributed by atoms with Gasteiger partial charge in [0.05, 0.1) is 5.57 Å². The zero-order valence-electron chi connectivity index (χ0n) is 11.4. The summed E-state index contributed by atoms with van der Waals surface area (Å²) in [4.78, 5) is 36.4. The summed E-state index contributed by atoms with van der Waals surface area (Å²) in [5.41, 5.74) is 0.623. The third-order valence-electron chi connectivity index (χ3n) is 3.64. The largest absolute Gasteiger partial charge is 0.290 e. The molecule has 2 aromatic rings. The second-order valence-corrected chi connectivity index (χ2v) is 4.92. The van der Waals surface area contributed by atoms with Crippen LogP contribution in [0, 0.1) is 0 Å². The fourth-order valence-corrected chi connectivity index (χ4v) is 2.51. The lowest BCUT2D eigenvalue weighted by Gasteiger charge is -2.12. The monoisotopic (exact) mass is 276 g/mol. The van der Waals surface area contributed by atoms with Crippen LogP contribution in [0.1, 0.15) is 17.3 Å². The standard InChI is InChI=1S/C18H12O3/c1-11-15(19)9-10-16(20)17(11)18(21)14-8-4-6-12-5-2-3-7-13(12)14/h2-10H,1H3. The summed E-state index contributed by atoms with van der Waals surface area (Å²) in [6.07, 6.45) is 2.37. The molecular weight excluding hydrogens is 264 g/mol. The zero-order valence-corrected chi connectivity index (χ0v) is 11.4. The van der Waals surface area contributed by atoms with Gasteiger partial charge in [0.15, 0.2) is 17.3 Å². The summed E-state index contributed by atoms with van der Waals surface area (Å²) in [5, 5.41) is 1.70. The van der Waals surface area contributed by atoms with Crippen LogP contribution < -0.4 is 0 Å². The van der Waals surface area contributed by atoms with E-state index in [0.717, 1.165) is 16.8 Å². The number of benzene rings is 2. The van der Waals surface area contributed by atoms with E-state index >= 15 is 0 Å². The maximum absolute atomic E-state index is 12.7. The number of fused-ring (bicyclic) bond motifs is 1. The number of allylic oxidation sites excluding steroid dienone is 4. The SMILES string of the molecule is CC1=C(C(=O)c2cccc3ccccc23)C(=O)C=CC1=O. The highest BCUT2D eigenvalue weighted by molar-refractivity contribution is 6.37. The molecule has 0 atom stereocenters. The molecule has 3 heteroatoms. The first-order valence-electron chi connectivity index (χ1n) is 6.59. The van der Waals surface area contributed by atoms with Gasteiger partial charge in [-0.05, 0) is 29.8 Å². The minimum atomic E-state index is -0.412. The summed E-state index contributed by atoms with van der Waals surface area (Å²) in [6, 6.07) is 12.8. The van der Waals surface area contributed by atoms with Crippen LogP contribution in [0.15, 0.2) is 65.8 Å². The predicted molar refractivity (Wildman–Crippen MR) is 80.1 cm³/mol. The molecule has 0 N–H and O–H groups in total. The second-order valence-electron chi connectivity index (χ2n) is 4.92. The van der Waals surface area contributed by atoms with Crippen LogP contribution in [0.5, 0.6) is 0 Å². The van der Waals surface area contributed by atoms with Crippen LogP contribution in [0.2, 0.25) is 0 Å². The number of carbonyl (C=O) groups excluding carboxylic acids is 3. The highest BCUT2D eigenvalue weighted by Gasteiger charge is 2.27. The Hall–Kier alpha value is -2.81. The van der Waals surface area contributed by atoms with Crippen molar-refractivity contribution in [2.75, 3.05) is 0 Å². The Morgan fingerprint density at radius 2 is 1.52 bits per heavy atom. The molecule has 3 nitrogen and oxygen atoms in total. The number of hydrogen-bond acceptors (Lipinski definition) is 3. The number of Topliss-reactive ketones (excluding diaryl/α,β-unsaturated/α-hetero) is 1. The first kappa shape index (κ1) is 13.2. The first-order chi connectivity index (χ1) is 10.1. The van der Waals surface area contributed by atoms with Crippen LogP contribution in [0.4, 0.5) is 0 Å². The van der Waals surface area contributed by atoms with Crippen LogP contribution in [0.3, 0.4) is 0 Å². The average Bonchev–Trinajstić information content (AvgIpc) is 2.50. The molecule has 21 heavy (non-hydrogen) atoms. The molecule has 102 valence electrons. The van der Waals surface area contributed by atoms with Crippen molar-refractivity contribution in [3.63, 3.8) is 0 Å². The molecule has 0 unspecified atom stereocenters. The van der Waals surface area contributed by atoms with Gasteiger partial charge in [0.2, 0.25) is 0 Å². The van der Waals surface area contributed by atoms with E-state index in [1.165, 1.54) is 13.0 Å². The summed E-state index contributed by atoms with van der Waals surface area (Å²) in [7, 11) is 0. The Kier molecular flexibility index (Phi) is 3.10. The average molecular weight is 276 g/mol. The molecule has 0 bridgehead atoms. The third-order valence-corrected chi connectivity index (χ3v) is 3.64. The van der Waals surface area contributed by atoms with Gasteiger partial charge < -0.3 is 0 Å². The Labute approximate surface area is 121 Å². The van der Waals surface area contributed by atoms with Gasteiger partial charge in [0.1, 0.15) is 0 Å². The smallest absolute Gasteiger partial charge is 0.197 e. The van der Waals surface area contributed by atoms with Gasteiger partial charge in [-0.1, -0.05) is 42.5 Å². The molecule has 0 aliphatic heterocycles. The second kappa shape index (κ2) is 4.94. The molecule has 0 fully saturated rings. The van der Waals surface area contributed by atoms with E-state index in [-0.39, 0.29) is 16.9 Å². The van der Waals surface area contributed by atoms with Gasteiger partial charge in [0.25, 0.3) is 0 Å². The van der Waals surface area contributed by atoms with Gasteiger partial charge in [-0.15, -0.1) is 0 Å². The van der Waals surface area contributed by atoms with Crippen LogP contribution in [-0.4, -0.2) is 17.3 Å². The summed E-state index contributed by atoms with van der Waals surface area (Å²) in [5.74, 6) is -1.10. The highest BCUT2D eigenvalue weighted by Crippen LogP contribution is 2.24. The van der Waals surface area contributed by atoms with E-state index in [2.05, 4.69) is 0 Å². The fourth-order valence-electron chi connectivity index (χ4n) is 2.51. The molecule has 1 aliphatic rings. The maximum atomic E-state index is 12.7. The molecular formula is C18H12O3. The predicted octanol–water partition coefficient (Wildman–Crippen LogP) is 3.05. The molecule has 2 aromatic carbocycles. The quantitative estimate of drug-likeness (QED) is 0.481. The van der Waals surface area contributed by atoms with Crippen molar-refractivity contribution in [1.82, 2.24) is 0 Å². The topological polar surface area (TPSA) is 51.2 Å². The molecule has 0 saturated heterocycles. The van der Waals surface area contributed by atoms with Gasteiger partial charge in [-0.3, -0.25) is 14.4 Å². The van der Waals surface area contributed by atoms with Crippen molar-refractivity contribution in [1.29, 1.82) is 0 Å². The molecule has 0 radical (unpaired) electrons. The van der Waals surface area contributed by atoms with E-state index in [1.54, 1.807) is 12.1 Å². The Morgan fingerprint density at radius 1 is 0.857 bits per heavy atom. The number of carbonyl (C=O) groups is 3. The minimum absolute atomic E-state index is 0.0288. The van der Waals surface area contributed by atoms with Crippen molar-refractivity contribution < 1.29 is 14.4 Å². The van der Waals surface area contributed by atoms with E-state index in [1.807, 2.05) is 30.3 Å². The normalized spacial score (nSPS) is 14.9. The summed E-state index contributed by atoms with van der Waals surface area (Å²) < 4.78 is 0. The Bertz CT molecular complexity index is 848. The molecule has 0 heterocycles. The van der Waals surface area contributed by atoms with Crippen molar-refractivity contribution in [3.8, 4) is 0 Å². The molecule has 0 aromatic heterocycles. The van der Waals surface area contributed by atoms with Crippen LogP contribution >= 0.6 is 0 Å². The van der Waals surface area contributed by atoms with Crippen LogP contribution in [0.25, 0.3) is 10.8 Å². The fraction of sp³-hybridized carbons (Fsp3) is 0.0556. The molecule has 0 spiro atoms. The van der Waals surface area contributed by atoms with E-state index < -0.39 is 11.6 Å². The lowest BCUT2D eigenvalue weighted by atomic mass is 9.88. The minimum Gasteiger partial charge on any atom is -0.290 e. The Morgan fingerprint density at radius 3 is 2.33 bits per heavy atom. The summed E-state index contributed by atoms with van der Waals surface area (Å²) in [6.45, 7) is 1.52. The van der Waals surface area contributed by atoms with E-state index in [0.29, 0.717) is 5.56 Å². The van der Waals surface area contributed by atoms with Crippen molar-refractivity contribution in [3.05, 3.63) is 71.3 Å². The Balaban J connectivity index is 2.20. The molecule has 0 saturated carbocycles. The van der Waals surface area contributed by atoms with Gasteiger partial charge in [0, 0.05) is 11.1 Å².